The molecule has 0 bridgehead atoms. The van der Waals surface area contributed by atoms with Gasteiger partial charge in [0, 0.05) is 19.5 Å². The van der Waals surface area contributed by atoms with Crippen molar-refractivity contribution >= 4 is 56.2 Å². The monoisotopic (exact) mass is 382 g/mol. The molecule has 2 rings (SSSR count). The van der Waals surface area contributed by atoms with Crippen LogP contribution in [-0.2, 0) is 0 Å². The van der Waals surface area contributed by atoms with Gasteiger partial charge in [-0.2, -0.15) is 0 Å². The van der Waals surface area contributed by atoms with Crippen LogP contribution in [0.2, 0.25) is 0 Å². The van der Waals surface area contributed by atoms with Gasteiger partial charge in [-0.3, -0.25) is 9.97 Å². The number of pyridine rings is 2. The molecule has 0 aliphatic rings. The van der Waals surface area contributed by atoms with Crippen LogP contribution in [0.15, 0.2) is 24.5 Å². The zero-order valence-electron chi connectivity index (χ0n) is 5.96. The number of hydrogen-bond acceptors (Lipinski definition) is 2. The molecule has 0 amide bonds. The highest BCUT2D eigenvalue weighted by molar-refractivity contribution is 14.1. The topological polar surface area (TPSA) is 25.8 Å². The highest BCUT2D eigenvalue weighted by atomic mass is 127. The summed E-state index contributed by atoms with van der Waals surface area (Å²) in [6, 6.07) is 3.93. The summed E-state index contributed by atoms with van der Waals surface area (Å²) in [6.45, 7) is 0. The molecule has 12 heavy (non-hydrogen) atoms. The minimum Gasteiger partial charge on any atom is -0.253 e. The first kappa shape index (κ1) is 8.61. The van der Waals surface area contributed by atoms with E-state index < -0.39 is 0 Å². The summed E-state index contributed by atoms with van der Waals surface area (Å²) in [5.41, 5.74) is 1.98. The van der Waals surface area contributed by atoms with E-state index in [1.165, 1.54) is 0 Å². The molecule has 0 fully saturated rings. The van der Waals surface area contributed by atoms with Gasteiger partial charge in [0.2, 0.25) is 0 Å². The van der Waals surface area contributed by atoms with Crippen LogP contribution in [0.5, 0.6) is 0 Å². The van der Waals surface area contributed by atoms with Crippen LogP contribution in [0.4, 0.5) is 0 Å². The van der Waals surface area contributed by atoms with Crippen LogP contribution in [-0.4, -0.2) is 9.97 Å². The van der Waals surface area contributed by atoms with E-state index in [1.807, 2.05) is 24.5 Å². The second-order valence-electron chi connectivity index (χ2n) is 2.28. The van der Waals surface area contributed by atoms with Gasteiger partial charge in [-0.15, -0.1) is 0 Å². The zero-order chi connectivity index (χ0) is 8.55. The summed E-state index contributed by atoms with van der Waals surface area (Å²) in [5.74, 6) is 0. The number of nitrogens with zero attached hydrogens (tertiary/aromatic N) is 2. The highest BCUT2D eigenvalue weighted by Gasteiger charge is 2.02. The molecule has 0 spiro atoms. The molecule has 0 saturated carbocycles. The lowest BCUT2D eigenvalue weighted by molar-refractivity contribution is 1.31. The zero-order valence-corrected chi connectivity index (χ0v) is 10.3. The predicted octanol–water partition coefficient (Wildman–Crippen LogP) is 2.84. The van der Waals surface area contributed by atoms with Gasteiger partial charge in [-0.1, -0.05) is 0 Å². The van der Waals surface area contributed by atoms with Crippen molar-refractivity contribution in [1.82, 2.24) is 9.97 Å². The average Bonchev–Trinajstić information content (AvgIpc) is 2.07. The van der Waals surface area contributed by atoms with Crippen molar-refractivity contribution in [2.75, 3.05) is 0 Å². The molecule has 0 unspecified atom stereocenters. The molecule has 2 nitrogen and oxygen atoms in total. The van der Waals surface area contributed by atoms with Crippen molar-refractivity contribution in [3.05, 3.63) is 31.7 Å². The summed E-state index contributed by atoms with van der Waals surface area (Å²) in [4.78, 5) is 8.53. The number of halogens is 2. The van der Waals surface area contributed by atoms with Crippen LogP contribution < -0.4 is 0 Å². The predicted molar refractivity (Wildman–Crippen MR) is 65.0 cm³/mol. The standard InChI is InChI=1S/C8H4I2N2/c9-5-1-3-11-8-6(10)2-4-12-7(5)8/h1-4H. The van der Waals surface area contributed by atoms with Crippen LogP contribution in [0, 0.1) is 7.14 Å². The van der Waals surface area contributed by atoms with E-state index in [4.69, 9.17) is 0 Å². The number of aromatic nitrogens is 2. The number of fused-ring (bicyclic) bond motifs is 1. The maximum absolute atomic E-state index is 4.27. The van der Waals surface area contributed by atoms with E-state index in [0.29, 0.717) is 0 Å². The van der Waals surface area contributed by atoms with E-state index >= 15 is 0 Å². The molecule has 0 atom stereocenters. The Morgan fingerprint density at radius 3 is 1.67 bits per heavy atom. The average molecular weight is 382 g/mol. The summed E-state index contributed by atoms with van der Waals surface area (Å²) in [6.07, 6.45) is 3.63. The minimum atomic E-state index is 0.991. The van der Waals surface area contributed by atoms with Crippen LogP contribution in [0.25, 0.3) is 11.0 Å². The third-order valence-electron chi connectivity index (χ3n) is 1.53. The molecule has 0 aromatic carbocycles. The maximum atomic E-state index is 4.27. The lowest BCUT2D eigenvalue weighted by atomic mass is 10.3. The summed E-state index contributed by atoms with van der Waals surface area (Å²) >= 11 is 4.54. The minimum absolute atomic E-state index is 0.991. The fourth-order valence-electron chi connectivity index (χ4n) is 0.984. The molecule has 2 aromatic heterocycles. The smallest absolute Gasteiger partial charge is 0.103 e. The fraction of sp³-hybridized carbons (Fsp3) is 0. The van der Waals surface area contributed by atoms with E-state index in [1.54, 1.807) is 0 Å². The van der Waals surface area contributed by atoms with Crippen LogP contribution >= 0.6 is 45.2 Å². The van der Waals surface area contributed by atoms with Crippen molar-refractivity contribution in [1.29, 1.82) is 0 Å². The van der Waals surface area contributed by atoms with Crippen molar-refractivity contribution in [3.63, 3.8) is 0 Å². The van der Waals surface area contributed by atoms with Gasteiger partial charge in [0.15, 0.2) is 0 Å². The lowest BCUT2D eigenvalue weighted by Gasteiger charge is -1.99. The van der Waals surface area contributed by atoms with E-state index in [0.717, 1.165) is 18.2 Å². The van der Waals surface area contributed by atoms with Gasteiger partial charge in [0.05, 0.1) is 0 Å². The Labute approximate surface area is 97.1 Å². The van der Waals surface area contributed by atoms with E-state index in [-0.39, 0.29) is 0 Å². The van der Waals surface area contributed by atoms with Gasteiger partial charge in [0.1, 0.15) is 11.0 Å². The number of rotatable bonds is 0. The first-order chi connectivity index (χ1) is 5.79. The largest absolute Gasteiger partial charge is 0.253 e. The van der Waals surface area contributed by atoms with Crippen molar-refractivity contribution in [2.45, 2.75) is 0 Å². The second kappa shape index (κ2) is 3.41. The molecule has 0 radical (unpaired) electrons. The van der Waals surface area contributed by atoms with Gasteiger partial charge in [-0.05, 0) is 57.3 Å². The molecule has 0 aliphatic heterocycles. The normalized spacial score (nSPS) is 10.5. The van der Waals surface area contributed by atoms with Gasteiger partial charge >= 0.3 is 0 Å². The summed E-state index contributed by atoms with van der Waals surface area (Å²) in [5, 5.41) is 0. The fourth-order valence-corrected chi connectivity index (χ4v) is 2.10. The van der Waals surface area contributed by atoms with Gasteiger partial charge in [0.25, 0.3) is 0 Å². The third-order valence-corrected chi connectivity index (χ3v) is 3.27. The molecule has 2 heterocycles. The van der Waals surface area contributed by atoms with Crippen LogP contribution in [0.1, 0.15) is 0 Å². The van der Waals surface area contributed by atoms with Crippen LogP contribution in [0.3, 0.4) is 0 Å². The SMILES string of the molecule is Ic1ccnc2c(I)ccnc12. The number of hydrogen-bond donors (Lipinski definition) is 0. The van der Waals surface area contributed by atoms with Crippen molar-refractivity contribution in [3.8, 4) is 0 Å². The maximum Gasteiger partial charge on any atom is 0.103 e. The molecular weight excluding hydrogens is 378 g/mol. The Bertz CT molecular complexity index is 387. The molecule has 60 valence electrons. The van der Waals surface area contributed by atoms with E-state index in [9.17, 15) is 0 Å². The second-order valence-corrected chi connectivity index (χ2v) is 4.61. The third kappa shape index (κ3) is 1.41. The Hall–Kier alpha value is 0.0200. The Balaban J connectivity index is 2.94. The lowest BCUT2D eigenvalue weighted by Crippen LogP contribution is -1.87. The molecule has 4 heteroatoms. The molecular formula is C8H4I2N2. The Morgan fingerprint density at radius 1 is 0.833 bits per heavy atom. The molecule has 0 aliphatic carbocycles. The highest BCUT2D eigenvalue weighted by Crippen LogP contribution is 2.19. The Morgan fingerprint density at radius 2 is 1.25 bits per heavy atom. The Kier molecular flexibility index (Phi) is 2.44. The van der Waals surface area contributed by atoms with Crippen molar-refractivity contribution in [2.24, 2.45) is 0 Å². The van der Waals surface area contributed by atoms with Gasteiger partial charge < -0.3 is 0 Å². The first-order valence-electron chi connectivity index (χ1n) is 3.34. The summed E-state index contributed by atoms with van der Waals surface area (Å²) < 4.78 is 2.30. The molecule has 0 N–H and O–H groups in total. The molecule has 0 saturated heterocycles. The first-order valence-corrected chi connectivity index (χ1v) is 5.49. The van der Waals surface area contributed by atoms with E-state index in [2.05, 4.69) is 55.1 Å². The quantitative estimate of drug-likeness (QED) is 0.656. The van der Waals surface area contributed by atoms with Crippen molar-refractivity contribution < 1.29 is 0 Å². The summed E-state index contributed by atoms with van der Waals surface area (Å²) in [7, 11) is 0. The van der Waals surface area contributed by atoms with Gasteiger partial charge in [-0.25, -0.2) is 0 Å². The molecule has 2 aromatic rings.